The number of carbonyl (C=O) groups excluding carboxylic acids is 1. The van der Waals surface area contributed by atoms with E-state index in [1.807, 2.05) is 108 Å². The van der Waals surface area contributed by atoms with Gasteiger partial charge in [0.05, 0.1) is 25.2 Å². The van der Waals surface area contributed by atoms with Gasteiger partial charge in [0.15, 0.2) is 0 Å². The molecule has 0 bridgehead atoms. The molecule has 43 heavy (non-hydrogen) atoms. The zero-order valence-electron chi connectivity index (χ0n) is 24.0. The van der Waals surface area contributed by atoms with E-state index in [9.17, 15) is 10.1 Å². The Morgan fingerprint density at radius 3 is 1.81 bits per heavy atom. The molecule has 1 saturated heterocycles. The maximum absolute atomic E-state index is 14.8. The average molecular weight is 563 g/mol. The molecule has 2 heterocycles. The van der Waals surface area contributed by atoms with Gasteiger partial charge in [0.2, 0.25) is 0 Å². The van der Waals surface area contributed by atoms with Gasteiger partial charge >= 0.3 is 0 Å². The molecule has 1 fully saturated rings. The predicted molar refractivity (Wildman–Crippen MR) is 170 cm³/mol. The fourth-order valence-corrected chi connectivity index (χ4v) is 6.33. The van der Waals surface area contributed by atoms with Gasteiger partial charge in [-0.2, -0.15) is 5.26 Å². The molecule has 0 N–H and O–H groups in total. The van der Waals surface area contributed by atoms with Crippen LogP contribution in [0.2, 0.25) is 0 Å². The molecule has 0 spiro atoms. The first-order valence-electron chi connectivity index (χ1n) is 14.7. The van der Waals surface area contributed by atoms with E-state index in [0.29, 0.717) is 18.9 Å². The molecule has 0 saturated carbocycles. The SMILES string of the molecule is N#CCC1CN(Cc2ccccc2)CN1C(=O)C1=CC=CC=CN1C(c1ccccc1)(c1ccccc1)c1ccccc1. The Balaban J connectivity index is 1.47. The second kappa shape index (κ2) is 12.8. The minimum atomic E-state index is -0.845. The summed E-state index contributed by atoms with van der Waals surface area (Å²) in [6.45, 7) is 1.82. The van der Waals surface area contributed by atoms with Crippen LogP contribution in [0, 0.1) is 11.3 Å². The summed E-state index contributed by atoms with van der Waals surface area (Å²) in [4.78, 5) is 21.1. The van der Waals surface area contributed by atoms with Crippen LogP contribution in [0.4, 0.5) is 0 Å². The first-order chi connectivity index (χ1) is 21.2. The molecule has 1 atom stereocenters. The first-order valence-corrected chi connectivity index (χ1v) is 14.7. The Kier molecular flexibility index (Phi) is 8.31. The van der Waals surface area contributed by atoms with Gasteiger partial charge in [0.1, 0.15) is 11.2 Å². The van der Waals surface area contributed by atoms with Crippen molar-refractivity contribution in [3.63, 3.8) is 0 Å². The van der Waals surface area contributed by atoms with Crippen LogP contribution in [0.15, 0.2) is 158 Å². The lowest BCUT2D eigenvalue weighted by Gasteiger charge is -2.46. The lowest BCUT2D eigenvalue weighted by atomic mass is 9.75. The Morgan fingerprint density at radius 1 is 0.744 bits per heavy atom. The summed E-state index contributed by atoms with van der Waals surface area (Å²) < 4.78 is 0. The van der Waals surface area contributed by atoms with Crippen LogP contribution in [0.3, 0.4) is 0 Å². The van der Waals surface area contributed by atoms with Crippen molar-refractivity contribution in [3.8, 4) is 6.07 Å². The summed E-state index contributed by atoms with van der Waals surface area (Å²) in [5.41, 5.74) is 4.01. The smallest absolute Gasteiger partial charge is 0.271 e. The summed E-state index contributed by atoms with van der Waals surface area (Å²) in [5.74, 6) is -0.0980. The van der Waals surface area contributed by atoms with E-state index in [-0.39, 0.29) is 18.4 Å². The van der Waals surface area contributed by atoms with Gasteiger partial charge in [-0.15, -0.1) is 0 Å². The highest BCUT2D eigenvalue weighted by Gasteiger charge is 2.46. The molecule has 2 aliphatic rings. The predicted octanol–water partition coefficient (Wildman–Crippen LogP) is 6.83. The summed E-state index contributed by atoms with van der Waals surface area (Å²) in [6, 6.07) is 43.5. The highest BCUT2D eigenvalue weighted by atomic mass is 16.2. The van der Waals surface area contributed by atoms with Crippen molar-refractivity contribution in [1.29, 1.82) is 5.26 Å². The minimum Gasteiger partial charge on any atom is -0.325 e. The number of amides is 1. The third-order valence-corrected chi connectivity index (χ3v) is 8.23. The van der Waals surface area contributed by atoms with Crippen molar-refractivity contribution in [3.05, 3.63) is 180 Å². The summed E-state index contributed by atoms with van der Waals surface area (Å²) in [7, 11) is 0. The van der Waals surface area contributed by atoms with E-state index >= 15 is 0 Å². The highest BCUT2D eigenvalue weighted by Crippen LogP contribution is 2.45. The first kappa shape index (κ1) is 28.0. The zero-order valence-corrected chi connectivity index (χ0v) is 24.0. The monoisotopic (exact) mass is 562 g/mol. The van der Waals surface area contributed by atoms with Crippen LogP contribution >= 0.6 is 0 Å². The second-order valence-electron chi connectivity index (χ2n) is 10.9. The molecule has 5 nitrogen and oxygen atoms in total. The molecule has 4 aromatic carbocycles. The minimum absolute atomic E-state index is 0.0980. The van der Waals surface area contributed by atoms with Crippen molar-refractivity contribution in [2.24, 2.45) is 0 Å². The molecular weight excluding hydrogens is 528 g/mol. The van der Waals surface area contributed by atoms with Gasteiger partial charge in [0, 0.05) is 19.3 Å². The lowest BCUT2D eigenvalue weighted by molar-refractivity contribution is -0.130. The van der Waals surface area contributed by atoms with Gasteiger partial charge in [-0.3, -0.25) is 9.69 Å². The molecule has 1 unspecified atom stereocenters. The molecule has 0 radical (unpaired) electrons. The summed E-state index contributed by atoms with van der Waals surface area (Å²) >= 11 is 0. The van der Waals surface area contributed by atoms with Gasteiger partial charge < -0.3 is 9.80 Å². The fourth-order valence-electron chi connectivity index (χ4n) is 6.33. The van der Waals surface area contributed by atoms with Crippen molar-refractivity contribution in [2.75, 3.05) is 13.2 Å². The third kappa shape index (κ3) is 5.53. The van der Waals surface area contributed by atoms with Crippen LogP contribution in [-0.4, -0.2) is 39.9 Å². The number of rotatable bonds is 8. The molecule has 0 aliphatic carbocycles. The topological polar surface area (TPSA) is 50.6 Å². The Labute approximate surface area is 253 Å². The highest BCUT2D eigenvalue weighted by molar-refractivity contribution is 5.94. The van der Waals surface area contributed by atoms with E-state index in [1.165, 1.54) is 5.56 Å². The quantitative estimate of drug-likeness (QED) is 0.221. The van der Waals surface area contributed by atoms with Gasteiger partial charge in [-0.25, -0.2) is 0 Å². The number of hydrogen-bond acceptors (Lipinski definition) is 4. The van der Waals surface area contributed by atoms with Gasteiger partial charge in [-0.1, -0.05) is 133 Å². The lowest BCUT2D eigenvalue weighted by Crippen LogP contribution is -2.49. The fraction of sp³-hybridized carbons (Fsp3) is 0.158. The Morgan fingerprint density at radius 2 is 1.28 bits per heavy atom. The van der Waals surface area contributed by atoms with Crippen molar-refractivity contribution < 1.29 is 4.79 Å². The third-order valence-electron chi connectivity index (χ3n) is 8.23. The maximum atomic E-state index is 14.8. The van der Waals surface area contributed by atoms with E-state index in [1.54, 1.807) is 0 Å². The second-order valence-corrected chi connectivity index (χ2v) is 10.9. The van der Waals surface area contributed by atoms with Crippen LogP contribution in [0.5, 0.6) is 0 Å². The van der Waals surface area contributed by atoms with E-state index in [2.05, 4.69) is 64.4 Å². The molecule has 5 heteroatoms. The summed E-state index contributed by atoms with van der Waals surface area (Å²) in [6.07, 6.45) is 10.1. The number of hydrogen-bond donors (Lipinski definition) is 0. The van der Waals surface area contributed by atoms with E-state index in [0.717, 1.165) is 23.2 Å². The van der Waals surface area contributed by atoms with Crippen LogP contribution in [-0.2, 0) is 16.9 Å². The van der Waals surface area contributed by atoms with E-state index < -0.39 is 5.54 Å². The number of carbonyl (C=O) groups is 1. The van der Waals surface area contributed by atoms with Crippen LogP contribution < -0.4 is 0 Å². The van der Waals surface area contributed by atoms with Crippen molar-refractivity contribution in [2.45, 2.75) is 24.5 Å². The molecule has 1 amide bonds. The molecule has 6 rings (SSSR count). The number of nitriles is 1. The normalized spacial score (nSPS) is 16.9. The molecule has 4 aromatic rings. The van der Waals surface area contributed by atoms with Crippen molar-refractivity contribution >= 4 is 5.91 Å². The number of nitrogens with zero attached hydrogens (tertiary/aromatic N) is 4. The number of allylic oxidation sites excluding steroid dienone is 4. The maximum Gasteiger partial charge on any atom is 0.271 e. The molecule has 2 aliphatic heterocycles. The zero-order chi connectivity index (χ0) is 29.5. The average Bonchev–Trinajstić information content (AvgIpc) is 3.29. The Hall–Kier alpha value is -5.18. The molecule has 0 aromatic heterocycles. The van der Waals surface area contributed by atoms with Crippen LogP contribution in [0.1, 0.15) is 28.7 Å². The molecule has 212 valence electrons. The van der Waals surface area contributed by atoms with Crippen molar-refractivity contribution in [1.82, 2.24) is 14.7 Å². The van der Waals surface area contributed by atoms with Gasteiger partial charge in [-0.05, 0) is 34.4 Å². The Bertz CT molecular complexity index is 1560. The largest absolute Gasteiger partial charge is 0.325 e. The van der Waals surface area contributed by atoms with E-state index in [4.69, 9.17) is 0 Å². The molecular formula is C38H34N4O. The standard InChI is InChI=1S/C38H34N4O/c39-26-25-35-29-40(28-31-16-6-1-7-17-31)30-41(35)37(43)36-24-14-5-15-27-42(36)38(32-18-8-2-9-19-32,33-20-10-3-11-21-33)34-22-12-4-13-23-34/h1-24,27,35H,25,28-30H2. The van der Waals surface area contributed by atoms with Crippen LogP contribution in [0.25, 0.3) is 0 Å². The summed E-state index contributed by atoms with van der Waals surface area (Å²) in [5, 5.41) is 9.73. The van der Waals surface area contributed by atoms with Gasteiger partial charge in [0.25, 0.3) is 5.91 Å². The number of benzene rings is 4.